The summed E-state index contributed by atoms with van der Waals surface area (Å²) in [5.74, 6) is 0. The number of para-hydroxylation sites is 1. The van der Waals surface area contributed by atoms with Crippen molar-refractivity contribution in [1.29, 1.82) is 0 Å². The largest absolute Gasteiger partial charge is 4.00 e. The molecule has 2 aliphatic carbocycles. The van der Waals surface area contributed by atoms with Crippen molar-refractivity contribution in [2.24, 2.45) is 0 Å². The van der Waals surface area contributed by atoms with Gasteiger partial charge in [0, 0.05) is 16.9 Å². The van der Waals surface area contributed by atoms with E-state index in [-0.39, 0.29) is 57.1 Å². The molecule has 4 rings (SSSR count). The summed E-state index contributed by atoms with van der Waals surface area (Å²) in [5, 5.41) is 0.672. The molecule has 0 fully saturated rings. The number of hydrogen-bond acceptors (Lipinski definition) is 1. The van der Waals surface area contributed by atoms with Gasteiger partial charge in [-0.2, -0.15) is 11.6 Å². The van der Waals surface area contributed by atoms with Gasteiger partial charge in [-0.1, -0.05) is 42.8 Å². The van der Waals surface area contributed by atoms with Crippen molar-refractivity contribution in [2.45, 2.75) is 19.4 Å². The van der Waals surface area contributed by atoms with Crippen LogP contribution in [0.1, 0.15) is 13.3 Å². The summed E-state index contributed by atoms with van der Waals surface area (Å²) in [5.41, 5.74) is 3.54. The molecule has 0 aromatic heterocycles. The molecular formula is C19H16Cl3NZr. The van der Waals surface area contributed by atoms with Gasteiger partial charge < -0.3 is 29.7 Å². The second-order valence-corrected chi connectivity index (χ2v) is 5.44. The van der Waals surface area contributed by atoms with Gasteiger partial charge in [0.2, 0.25) is 0 Å². The maximum Gasteiger partial charge on any atom is 4.00 e. The van der Waals surface area contributed by atoms with Crippen molar-refractivity contribution in [1.82, 2.24) is 0 Å². The minimum absolute atomic E-state index is 0. The van der Waals surface area contributed by atoms with E-state index in [2.05, 4.69) is 54.3 Å². The molecule has 1 aromatic rings. The summed E-state index contributed by atoms with van der Waals surface area (Å²) in [6, 6.07) is 10.4. The monoisotopic (exact) mass is 453 g/mol. The fourth-order valence-electron chi connectivity index (χ4n) is 2.55. The van der Waals surface area contributed by atoms with Crippen LogP contribution in [-0.4, -0.2) is 6.04 Å². The Morgan fingerprint density at radius 1 is 1.17 bits per heavy atom. The summed E-state index contributed by atoms with van der Waals surface area (Å²) in [4.78, 5) is 2.10. The van der Waals surface area contributed by atoms with E-state index in [1.807, 2.05) is 30.4 Å². The maximum atomic E-state index is 6.22. The van der Waals surface area contributed by atoms with E-state index in [4.69, 9.17) is 11.6 Å². The van der Waals surface area contributed by atoms with Crippen LogP contribution >= 0.6 is 11.6 Å². The second kappa shape index (κ2) is 11.2. The molecule has 122 valence electrons. The van der Waals surface area contributed by atoms with Crippen LogP contribution in [0, 0.1) is 12.2 Å². The molecule has 1 nitrogen and oxygen atoms in total. The van der Waals surface area contributed by atoms with Gasteiger partial charge in [-0.3, -0.25) is 6.08 Å². The van der Waals surface area contributed by atoms with E-state index in [1.165, 1.54) is 5.57 Å². The number of hydrogen-bond donors (Lipinski definition) is 0. The van der Waals surface area contributed by atoms with Gasteiger partial charge in [-0.25, -0.2) is 24.3 Å². The Morgan fingerprint density at radius 3 is 2.42 bits per heavy atom. The van der Waals surface area contributed by atoms with Gasteiger partial charge in [0.15, 0.2) is 0 Å². The van der Waals surface area contributed by atoms with Crippen molar-refractivity contribution >= 4 is 17.3 Å². The summed E-state index contributed by atoms with van der Waals surface area (Å²) in [6.45, 7) is 2.10. The van der Waals surface area contributed by atoms with Gasteiger partial charge in [0.05, 0.1) is 0 Å². The average Bonchev–Trinajstić information content (AvgIpc) is 3.18. The van der Waals surface area contributed by atoms with Gasteiger partial charge in [-0.05, 0) is 12.1 Å². The van der Waals surface area contributed by atoms with Gasteiger partial charge >= 0.3 is 26.2 Å². The molecule has 24 heavy (non-hydrogen) atoms. The zero-order chi connectivity index (χ0) is 14.7. The number of allylic oxidation sites excluding steroid dienone is 6. The van der Waals surface area contributed by atoms with Crippen LogP contribution in [0.5, 0.6) is 0 Å². The Morgan fingerprint density at radius 2 is 1.88 bits per heavy atom. The summed E-state index contributed by atoms with van der Waals surface area (Å²) in [6.07, 6.45) is 17.6. The molecule has 1 aliphatic heterocycles. The maximum absolute atomic E-state index is 6.22. The van der Waals surface area contributed by atoms with Crippen LogP contribution in [0.15, 0.2) is 77.0 Å². The van der Waals surface area contributed by atoms with Crippen LogP contribution < -0.4 is 29.7 Å². The predicted octanol–water partition coefficient (Wildman–Crippen LogP) is -1.04. The Kier molecular flexibility index (Phi) is 10.9. The topological polar surface area (TPSA) is 3.24 Å². The van der Waals surface area contributed by atoms with Crippen molar-refractivity contribution in [3.63, 3.8) is 0 Å². The fraction of sp³-hybridized carbons (Fsp3) is 0.158. The molecule has 1 heterocycles. The van der Waals surface area contributed by atoms with Crippen LogP contribution in [0.4, 0.5) is 5.69 Å². The SMILES string of the molecule is CC1=CC2C(=C1)[C-]=C(Cl)N2c1ccccc1.[C-]1=CC=CC1.[Cl-].[Cl-].[Zr+4]. The zero-order valence-electron chi connectivity index (χ0n) is 13.1. The summed E-state index contributed by atoms with van der Waals surface area (Å²) < 4.78 is 0. The van der Waals surface area contributed by atoms with Crippen molar-refractivity contribution in [3.8, 4) is 0 Å². The van der Waals surface area contributed by atoms with E-state index in [9.17, 15) is 0 Å². The quantitative estimate of drug-likeness (QED) is 0.386. The van der Waals surface area contributed by atoms with Crippen molar-refractivity contribution < 1.29 is 51.0 Å². The minimum atomic E-state index is 0. The van der Waals surface area contributed by atoms with Gasteiger partial charge in [0.1, 0.15) is 0 Å². The molecule has 0 bridgehead atoms. The molecule has 1 atom stereocenters. The minimum Gasteiger partial charge on any atom is -1.00 e. The second-order valence-electron chi connectivity index (χ2n) is 5.08. The molecule has 0 saturated heterocycles. The number of fused-ring (bicyclic) bond motifs is 1. The predicted molar refractivity (Wildman–Crippen MR) is 88.7 cm³/mol. The Balaban J connectivity index is 0.000000578. The van der Waals surface area contributed by atoms with E-state index in [0.29, 0.717) is 5.16 Å². The Labute approximate surface area is 180 Å². The number of benzene rings is 1. The fourth-order valence-corrected chi connectivity index (χ4v) is 2.86. The number of nitrogens with zero attached hydrogens (tertiary/aromatic N) is 1. The van der Waals surface area contributed by atoms with E-state index in [1.54, 1.807) is 0 Å². The molecule has 1 aromatic carbocycles. The first-order chi connectivity index (χ1) is 10.3. The molecule has 0 N–H and O–H groups in total. The molecule has 0 saturated carbocycles. The Hall–Kier alpha value is -0.527. The van der Waals surface area contributed by atoms with Crippen molar-refractivity contribution in [3.05, 3.63) is 89.2 Å². The summed E-state index contributed by atoms with van der Waals surface area (Å²) in [7, 11) is 0. The third-order valence-corrected chi connectivity index (χ3v) is 3.76. The molecule has 3 aliphatic rings. The van der Waals surface area contributed by atoms with E-state index < -0.39 is 0 Å². The van der Waals surface area contributed by atoms with Crippen LogP contribution in [0.25, 0.3) is 0 Å². The number of halogens is 3. The molecule has 0 radical (unpaired) electrons. The molecule has 0 amide bonds. The first-order valence-corrected chi connectivity index (χ1v) is 7.39. The average molecular weight is 456 g/mol. The standard InChI is InChI=1S/C14H11ClN.C5H5.2ClH.Zr/c1-10-7-11-9-14(15)16(13(11)8-10)12-5-3-2-4-6-12;1-2-4-5-3-1;;;/h2-8,13H,1H3;1-3H,4H2;2*1H;/q2*-1;;;+4/p-2. The third-order valence-electron chi connectivity index (χ3n) is 3.48. The normalized spacial score (nSPS) is 18.8. The molecular weight excluding hydrogens is 440 g/mol. The van der Waals surface area contributed by atoms with Crippen molar-refractivity contribution in [2.75, 3.05) is 4.90 Å². The Bertz CT molecular complexity index is 665. The first-order valence-electron chi connectivity index (χ1n) is 7.01. The zero-order valence-corrected chi connectivity index (χ0v) is 17.9. The van der Waals surface area contributed by atoms with Gasteiger partial charge in [0.25, 0.3) is 0 Å². The van der Waals surface area contributed by atoms with E-state index in [0.717, 1.165) is 17.7 Å². The smallest absolute Gasteiger partial charge is 1.00 e. The van der Waals surface area contributed by atoms with Crippen LogP contribution in [-0.2, 0) is 26.2 Å². The van der Waals surface area contributed by atoms with Gasteiger partial charge in [-0.15, -0.1) is 12.0 Å². The van der Waals surface area contributed by atoms with E-state index >= 15 is 0 Å². The molecule has 5 heteroatoms. The molecule has 1 unspecified atom stereocenters. The number of rotatable bonds is 1. The van der Waals surface area contributed by atoms with Crippen LogP contribution in [0.2, 0.25) is 0 Å². The first kappa shape index (κ1) is 23.5. The third kappa shape index (κ3) is 5.49. The van der Waals surface area contributed by atoms with Crippen LogP contribution in [0.3, 0.4) is 0 Å². The molecule has 0 spiro atoms. The number of anilines is 1. The summed E-state index contributed by atoms with van der Waals surface area (Å²) >= 11 is 6.22.